The van der Waals surface area contributed by atoms with Gasteiger partial charge in [-0.25, -0.2) is 4.98 Å². The summed E-state index contributed by atoms with van der Waals surface area (Å²) in [6.07, 6.45) is 0. The van der Waals surface area contributed by atoms with Crippen molar-refractivity contribution in [3.63, 3.8) is 0 Å². The van der Waals surface area contributed by atoms with Crippen LogP contribution in [0, 0.1) is 11.3 Å². The van der Waals surface area contributed by atoms with Crippen LogP contribution in [0.25, 0.3) is 11.3 Å². The first-order chi connectivity index (χ1) is 12.3. The third-order valence-corrected chi connectivity index (χ3v) is 4.73. The number of nitriles is 1. The van der Waals surface area contributed by atoms with E-state index in [1.54, 1.807) is 7.11 Å². The van der Waals surface area contributed by atoms with Crippen molar-refractivity contribution >= 4 is 26.6 Å². The maximum Gasteiger partial charge on any atom is 0.294 e. The van der Waals surface area contributed by atoms with Crippen molar-refractivity contribution in [2.75, 3.05) is 12.8 Å². The predicted octanol–water partition coefficient (Wildman–Crippen LogP) is 3.21. The highest BCUT2D eigenvalue weighted by molar-refractivity contribution is 7.85. The molecule has 0 bridgehead atoms. The quantitative estimate of drug-likeness (QED) is 0.659. The Bertz CT molecular complexity index is 1010. The van der Waals surface area contributed by atoms with Gasteiger partial charge in [0.15, 0.2) is 5.13 Å². The summed E-state index contributed by atoms with van der Waals surface area (Å²) < 4.78 is 34.6. The number of ether oxygens (including phenoxy) is 1. The largest absolute Gasteiger partial charge is 0.497 e. The van der Waals surface area contributed by atoms with Gasteiger partial charge in [0.2, 0.25) is 0 Å². The van der Waals surface area contributed by atoms with Gasteiger partial charge in [-0.3, -0.25) is 4.55 Å². The van der Waals surface area contributed by atoms with Crippen molar-refractivity contribution in [2.45, 2.75) is 4.90 Å². The number of hydrogen-bond donors (Lipinski definition) is 2. The van der Waals surface area contributed by atoms with E-state index in [0.717, 1.165) is 17.0 Å². The van der Waals surface area contributed by atoms with Crippen molar-refractivity contribution in [1.29, 1.82) is 5.26 Å². The number of rotatable bonds is 3. The molecule has 0 aliphatic heterocycles. The van der Waals surface area contributed by atoms with E-state index in [2.05, 4.69) is 4.98 Å². The highest BCUT2D eigenvalue weighted by atomic mass is 32.2. The summed E-state index contributed by atoms with van der Waals surface area (Å²) in [5.41, 5.74) is 7.87. The fourth-order valence-corrected chi connectivity index (χ4v) is 2.94. The summed E-state index contributed by atoms with van der Waals surface area (Å²) in [6, 6.07) is 14.6. The summed E-state index contributed by atoms with van der Waals surface area (Å²) in [6.45, 7) is 0. The van der Waals surface area contributed by atoms with Crippen LogP contribution in [0.2, 0.25) is 0 Å². The molecule has 9 heteroatoms. The van der Waals surface area contributed by atoms with Crippen LogP contribution in [0.3, 0.4) is 0 Å². The Labute approximate surface area is 155 Å². The average Bonchev–Trinajstić information content (AvgIpc) is 3.08. The summed E-state index contributed by atoms with van der Waals surface area (Å²) in [5, 5.41) is 10.9. The first-order valence-electron chi connectivity index (χ1n) is 7.16. The van der Waals surface area contributed by atoms with Crippen molar-refractivity contribution in [3.05, 3.63) is 59.5 Å². The second-order valence-corrected chi connectivity index (χ2v) is 7.22. The van der Waals surface area contributed by atoms with Gasteiger partial charge < -0.3 is 10.5 Å². The normalized spacial score (nSPS) is 10.3. The Morgan fingerprint density at radius 2 is 1.77 bits per heavy atom. The average molecular weight is 389 g/mol. The van der Waals surface area contributed by atoms with Gasteiger partial charge in [0.1, 0.15) is 5.75 Å². The lowest BCUT2D eigenvalue weighted by Crippen LogP contribution is -1.97. The van der Waals surface area contributed by atoms with Gasteiger partial charge in [-0.2, -0.15) is 13.7 Å². The van der Waals surface area contributed by atoms with Gasteiger partial charge >= 0.3 is 0 Å². The Morgan fingerprint density at radius 1 is 1.15 bits per heavy atom. The minimum absolute atomic E-state index is 0.207. The fraction of sp³-hybridized carbons (Fsp3) is 0.0588. The monoisotopic (exact) mass is 389 g/mol. The van der Waals surface area contributed by atoms with Crippen LogP contribution in [-0.4, -0.2) is 25.1 Å². The molecular weight excluding hydrogens is 374 g/mol. The SMILES string of the molecule is COc1ccc(-c2csc(N)n2)cc1.N#Cc1ccc(S(=O)(=O)O)cc1. The number of benzene rings is 2. The van der Waals surface area contributed by atoms with E-state index in [0.29, 0.717) is 10.7 Å². The lowest BCUT2D eigenvalue weighted by molar-refractivity contribution is 0.415. The highest BCUT2D eigenvalue weighted by Crippen LogP contribution is 2.24. The molecule has 0 saturated heterocycles. The Balaban J connectivity index is 0.000000190. The third-order valence-electron chi connectivity index (χ3n) is 3.19. The minimum Gasteiger partial charge on any atom is -0.497 e. The molecule has 1 aromatic heterocycles. The lowest BCUT2D eigenvalue weighted by atomic mass is 10.2. The molecule has 2 aromatic carbocycles. The molecule has 0 radical (unpaired) electrons. The smallest absolute Gasteiger partial charge is 0.294 e. The van der Waals surface area contributed by atoms with Crippen LogP contribution < -0.4 is 10.5 Å². The van der Waals surface area contributed by atoms with E-state index in [1.165, 1.54) is 35.6 Å². The van der Waals surface area contributed by atoms with Crippen molar-refractivity contribution < 1.29 is 17.7 Å². The number of hydrogen-bond acceptors (Lipinski definition) is 7. The number of anilines is 1. The van der Waals surface area contributed by atoms with E-state index in [1.807, 2.05) is 35.7 Å². The minimum atomic E-state index is -4.14. The Hall–Kier alpha value is -2.93. The van der Waals surface area contributed by atoms with Gasteiger partial charge in [-0.15, -0.1) is 11.3 Å². The van der Waals surface area contributed by atoms with Crippen molar-refractivity contribution in [2.24, 2.45) is 0 Å². The van der Waals surface area contributed by atoms with Crippen molar-refractivity contribution in [1.82, 2.24) is 4.98 Å². The Kier molecular flexibility index (Phi) is 6.30. The van der Waals surface area contributed by atoms with Crippen LogP contribution in [0.5, 0.6) is 5.75 Å². The molecule has 3 aromatic rings. The first kappa shape index (κ1) is 19.4. The van der Waals surface area contributed by atoms with E-state index in [4.69, 9.17) is 20.3 Å². The Morgan fingerprint density at radius 3 is 2.19 bits per heavy atom. The van der Waals surface area contributed by atoms with Gasteiger partial charge in [-0.05, 0) is 48.5 Å². The zero-order valence-electron chi connectivity index (χ0n) is 13.7. The topological polar surface area (TPSA) is 126 Å². The summed E-state index contributed by atoms with van der Waals surface area (Å²) in [4.78, 5) is 3.98. The second kappa shape index (κ2) is 8.44. The van der Waals surface area contributed by atoms with Crippen LogP contribution in [0.4, 0.5) is 5.13 Å². The number of nitrogens with zero attached hydrogens (tertiary/aromatic N) is 2. The fourth-order valence-electron chi connectivity index (χ4n) is 1.88. The van der Waals surface area contributed by atoms with Crippen LogP contribution in [0.15, 0.2) is 58.8 Å². The summed E-state index contributed by atoms with van der Waals surface area (Å²) in [5.74, 6) is 0.844. The molecule has 26 heavy (non-hydrogen) atoms. The maximum absolute atomic E-state index is 10.5. The molecule has 0 spiro atoms. The summed E-state index contributed by atoms with van der Waals surface area (Å²) in [7, 11) is -2.49. The van der Waals surface area contributed by atoms with Gasteiger partial charge in [0, 0.05) is 10.9 Å². The van der Waals surface area contributed by atoms with Crippen molar-refractivity contribution in [3.8, 4) is 23.1 Å². The zero-order chi connectivity index (χ0) is 19.2. The number of aromatic nitrogens is 1. The van der Waals surface area contributed by atoms with Crippen LogP contribution >= 0.6 is 11.3 Å². The molecule has 3 rings (SSSR count). The van der Waals surface area contributed by atoms with Gasteiger partial charge in [0.25, 0.3) is 10.1 Å². The van der Waals surface area contributed by atoms with Crippen LogP contribution in [0.1, 0.15) is 5.56 Å². The molecule has 134 valence electrons. The molecule has 3 N–H and O–H groups in total. The standard InChI is InChI=1S/C10H10N2OS.C7H5NO3S/c1-13-8-4-2-7(3-5-8)9-6-14-10(11)12-9;8-5-6-1-3-7(4-2-6)12(9,10)11/h2-6H,1H3,(H2,11,12);1-4H,(H,9,10,11). The van der Waals surface area contributed by atoms with E-state index in [-0.39, 0.29) is 4.90 Å². The molecule has 0 amide bonds. The molecule has 0 saturated carbocycles. The number of thiazole rings is 1. The predicted molar refractivity (Wildman–Crippen MR) is 99.5 cm³/mol. The first-order valence-corrected chi connectivity index (χ1v) is 9.48. The number of nitrogen functional groups attached to an aromatic ring is 1. The summed E-state index contributed by atoms with van der Waals surface area (Å²) >= 11 is 1.44. The van der Waals surface area contributed by atoms with E-state index >= 15 is 0 Å². The molecule has 0 aliphatic rings. The highest BCUT2D eigenvalue weighted by Gasteiger charge is 2.07. The van der Waals surface area contributed by atoms with Crippen LogP contribution in [-0.2, 0) is 10.1 Å². The number of methoxy groups -OCH3 is 1. The number of nitrogens with two attached hydrogens (primary N) is 1. The molecule has 0 aliphatic carbocycles. The van der Waals surface area contributed by atoms with E-state index < -0.39 is 10.1 Å². The molecule has 7 nitrogen and oxygen atoms in total. The van der Waals surface area contributed by atoms with Gasteiger partial charge in [0.05, 0.1) is 29.3 Å². The third kappa shape index (κ3) is 5.29. The second-order valence-electron chi connectivity index (χ2n) is 4.91. The molecule has 0 unspecified atom stereocenters. The zero-order valence-corrected chi connectivity index (χ0v) is 15.3. The molecule has 0 fully saturated rings. The molecule has 1 heterocycles. The van der Waals surface area contributed by atoms with E-state index in [9.17, 15) is 8.42 Å². The van der Waals surface area contributed by atoms with Gasteiger partial charge in [-0.1, -0.05) is 0 Å². The molecular formula is C17H15N3O4S2. The maximum atomic E-state index is 10.5. The lowest BCUT2D eigenvalue weighted by Gasteiger charge is -2.00. The molecule has 0 atom stereocenters.